The minimum atomic E-state index is 0. The number of aryl methyl sites for hydroxylation is 1. The molecule has 0 unspecified atom stereocenters. The topological polar surface area (TPSA) is 61.3 Å². The second-order valence-electron chi connectivity index (χ2n) is 2.17. The summed E-state index contributed by atoms with van der Waals surface area (Å²) in [6, 6.07) is 0. The predicted molar refractivity (Wildman–Crippen MR) is 42.1 cm³/mol. The molecule has 0 spiro atoms. The van der Waals surface area contributed by atoms with Crippen LogP contribution in [0.4, 0.5) is 0 Å². The lowest BCUT2D eigenvalue weighted by atomic mass is 10.4. The fourth-order valence-corrected chi connectivity index (χ4v) is 0.777. The number of nitrogens with zero attached hydrogens (tertiary/aromatic N) is 1. The molecule has 0 saturated heterocycles. The van der Waals surface area contributed by atoms with Gasteiger partial charge in [0.15, 0.2) is 5.89 Å². The Morgan fingerprint density at radius 2 is 2.64 bits per heavy atom. The molecule has 1 aromatic heterocycles. The minimum absolute atomic E-state index is 0. The number of hydrogen-bond donors (Lipinski definition) is 1. The maximum Gasteiger partial charge on any atom is 0.191 e. The third-order valence-corrected chi connectivity index (χ3v) is 1.28. The van der Waals surface area contributed by atoms with E-state index < -0.39 is 0 Å². The molecule has 1 aromatic rings. The fourth-order valence-electron chi connectivity index (χ4n) is 0.777. The van der Waals surface area contributed by atoms with Crippen molar-refractivity contribution in [1.82, 2.24) is 4.98 Å². The van der Waals surface area contributed by atoms with E-state index in [1.165, 1.54) is 0 Å². The molecule has 0 aliphatic rings. The van der Waals surface area contributed by atoms with Crippen LogP contribution < -0.4 is 5.73 Å². The van der Waals surface area contributed by atoms with Crippen molar-refractivity contribution in [3.63, 3.8) is 0 Å². The van der Waals surface area contributed by atoms with Crippen molar-refractivity contribution < 1.29 is 10.6 Å². The Morgan fingerprint density at radius 1 is 1.82 bits per heavy atom. The van der Waals surface area contributed by atoms with Crippen molar-refractivity contribution in [1.29, 1.82) is 0 Å². The maximum atomic E-state index is 5.20. The summed E-state index contributed by atoms with van der Waals surface area (Å²) in [6.07, 6.45) is 2.44. The quantitative estimate of drug-likeness (QED) is 0.517. The summed E-state index contributed by atoms with van der Waals surface area (Å²) >= 11 is 0. The van der Waals surface area contributed by atoms with Gasteiger partial charge in [-0.05, 0) is 0 Å². The third-order valence-electron chi connectivity index (χ3n) is 1.28. The summed E-state index contributed by atoms with van der Waals surface area (Å²) in [4.78, 5) is 3.94. The first-order valence-corrected chi connectivity index (χ1v) is 3.52. The van der Waals surface area contributed by atoms with E-state index in [-0.39, 0.29) is 8.16 Å². The van der Waals surface area contributed by atoms with Gasteiger partial charge in [-0.3, -0.25) is 0 Å². The summed E-state index contributed by atoms with van der Waals surface area (Å²) in [5.74, 6) is 1.53. The largest absolute Gasteiger partial charge is 0.446 e. The molecule has 64 valence electrons. The zero-order valence-corrected chi connectivity index (χ0v) is 6.54. The van der Waals surface area contributed by atoms with E-state index in [1.54, 1.807) is 6.20 Å². The minimum Gasteiger partial charge on any atom is -0.446 e. The first kappa shape index (κ1) is 8.23. The van der Waals surface area contributed by atoms with Gasteiger partial charge in [0, 0.05) is 14.8 Å². The second kappa shape index (κ2) is 4.10. The Kier molecular flexibility index (Phi) is 3.07. The first-order chi connectivity index (χ1) is 5.33. The van der Waals surface area contributed by atoms with Gasteiger partial charge in [-0.2, -0.15) is 0 Å². The van der Waals surface area contributed by atoms with Gasteiger partial charge in [-0.1, -0.05) is 0 Å². The van der Waals surface area contributed by atoms with Gasteiger partial charge in [-0.25, -0.2) is 4.98 Å². The normalized spacial score (nSPS) is 10.4. The van der Waals surface area contributed by atoms with Crippen molar-refractivity contribution in [2.75, 3.05) is 13.3 Å². The Hall–Kier alpha value is -0.870. The molecular formula is C7H14N2O2. The van der Waals surface area contributed by atoms with Crippen LogP contribution in [0.15, 0.2) is 10.6 Å². The third kappa shape index (κ3) is 2.69. The summed E-state index contributed by atoms with van der Waals surface area (Å²) in [5, 5.41) is 0. The summed E-state index contributed by atoms with van der Waals surface area (Å²) in [6.45, 7) is 2.66. The summed E-state index contributed by atoms with van der Waals surface area (Å²) in [5.41, 5.74) is 5.13. The van der Waals surface area contributed by atoms with Crippen LogP contribution >= 0.6 is 0 Å². The highest BCUT2D eigenvalue weighted by Gasteiger charge is 1.98. The molecule has 0 amide bonds. The Balaban J connectivity index is 0.00000121. The highest BCUT2D eigenvalue weighted by atomic mass is 16.5. The Morgan fingerprint density at radius 3 is 3.18 bits per heavy atom. The molecule has 0 aliphatic heterocycles. The molecule has 0 aromatic carbocycles. The van der Waals surface area contributed by atoms with Gasteiger partial charge in [0.2, 0.25) is 0 Å². The van der Waals surface area contributed by atoms with Crippen LogP contribution in [0.25, 0.3) is 0 Å². The van der Waals surface area contributed by atoms with E-state index in [1.807, 2.05) is 6.92 Å². The lowest BCUT2D eigenvalue weighted by molar-refractivity contribution is 0.140. The van der Waals surface area contributed by atoms with E-state index in [0.29, 0.717) is 12.5 Å². The predicted octanol–water partition coefficient (Wildman–Crippen LogP) is 0.704. The fraction of sp³-hybridized carbons (Fsp3) is 0.571. The van der Waals surface area contributed by atoms with Gasteiger partial charge in [0.05, 0.1) is 19.5 Å². The number of hydrogen-bond acceptors (Lipinski definition) is 4. The highest BCUT2D eigenvalue weighted by molar-refractivity contribution is 4.92. The standard InChI is InChI=1S/C7H12N2O2.H2/c1-6-9-4-7(11-6)2-3-10-5-8;/h4H,2-3,5,8H2,1H3;1H. The Bertz CT molecular complexity index is 215. The SMILES string of the molecule is Cc1ncc(CCOCN)o1.[HH]. The highest BCUT2D eigenvalue weighted by Crippen LogP contribution is 2.02. The lowest BCUT2D eigenvalue weighted by Gasteiger charge is -1.95. The van der Waals surface area contributed by atoms with Crippen molar-refractivity contribution in [3.05, 3.63) is 17.8 Å². The molecule has 0 bridgehead atoms. The number of rotatable bonds is 4. The molecule has 2 N–H and O–H groups in total. The molecule has 1 rings (SSSR count). The van der Waals surface area contributed by atoms with E-state index in [2.05, 4.69) is 4.98 Å². The van der Waals surface area contributed by atoms with E-state index in [9.17, 15) is 0 Å². The van der Waals surface area contributed by atoms with Crippen LogP contribution in [-0.2, 0) is 11.2 Å². The van der Waals surface area contributed by atoms with Gasteiger partial charge >= 0.3 is 0 Å². The molecule has 4 nitrogen and oxygen atoms in total. The van der Waals surface area contributed by atoms with E-state index in [0.717, 1.165) is 12.2 Å². The van der Waals surface area contributed by atoms with Crippen molar-refractivity contribution >= 4 is 0 Å². The van der Waals surface area contributed by atoms with Gasteiger partial charge in [-0.15, -0.1) is 0 Å². The van der Waals surface area contributed by atoms with Crippen molar-refractivity contribution in [3.8, 4) is 0 Å². The average molecular weight is 158 g/mol. The zero-order valence-electron chi connectivity index (χ0n) is 6.54. The van der Waals surface area contributed by atoms with Crippen LogP contribution in [0.2, 0.25) is 0 Å². The number of oxazole rings is 1. The number of ether oxygens (including phenoxy) is 1. The smallest absolute Gasteiger partial charge is 0.191 e. The average Bonchev–Trinajstić information content (AvgIpc) is 2.37. The van der Waals surface area contributed by atoms with Gasteiger partial charge in [0.25, 0.3) is 0 Å². The van der Waals surface area contributed by atoms with Crippen molar-refractivity contribution in [2.24, 2.45) is 5.73 Å². The molecule has 0 aliphatic carbocycles. The first-order valence-electron chi connectivity index (χ1n) is 3.52. The Labute approximate surface area is 66.8 Å². The molecular weight excluding hydrogens is 144 g/mol. The van der Waals surface area contributed by atoms with Gasteiger partial charge in [0.1, 0.15) is 5.76 Å². The molecule has 1 heterocycles. The second-order valence-corrected chi connectivity index (χ2v) is 2.17. The van der Waals surface area contributed by atoms with Crippen LogP contribution in [0.5, 0.6) is 0 Å². The molecule has 0 fully saturated rings. The monoisotopic (exact) mass is 158 g/mol. The molecule has 4 heteroatoms. The number of nitrogens with two attached hydrogens (primary N) is 1. The zero-order chi connectivity index (χ0) is 8.10. The number of aromatic nitrogens is 1. The molecule has 11 heavy (non-hydrogen) atoms. The molecule has 0 saturated carbocycles. The van der Waals surface area contributed by atoms with Crippen LogP contribution in [0.1, 0.15) is 13.1 Å². The van der Waals surface area contributed by atoms with Crippen LogP contribution in [0, 0.1) is 6.92 Å². The maximum absolute atomic E-state index is 5.20. The van der Waals surface area contributed by atoms with E-state index in [4.69, 9.17) is 14.9 Å². The molecule has 0 radical (unpaired) electrons. The van der Waals surface area contributed by atoms with E-state index >= 15 is 0 Å². The summed E-state index contributed by atoms with van der Waals surface area (Å²) in [7, 11) is 0. The van der Waals surface area contributed by atoms with Crippen LogP contribution in [0.3, 0.4) is 0 Å². The lowest BCUT2D eigenvalue weighted by Crippen LogP contribution is -2.06. The van der Waals surface area contributed by atoms with Crippen LogP contribution in [-0.4, -0.2) is 18.3 Å². The van der Waals surface area contributed by atoms with Gasteiger partial charge < -0.3 is 14.9 Å². The van der Waals surface area contributed by atoms with Crippen molar-refractivity contribution in [2.45, 2.75) is 13.3 Å². The summed E-state index contributed by atoms with van der Waals surface area (Å²) < 4.78 is 10.1. The molecule has 0 atom stereocenters.